The van der Waals surface area contributed by atoms with Crippen LogP contribution in [0.5, 0.6) is 0 Å². The van der Waals surface area contributed by atoms with Crippen molar-refractivity contribution in [3.05, 3.63) is 35.1 Å². The summed E-state index contributed by atoms with van der Waals surface area (Å²) in [5, 5.41) is 11.8. The predicted molar refractivity (Wildman–Crippen MR) is 59.2 cm³/mol. The van der Waals surface area contributed by atoms with Crippen LogP contribution in [-0.2, 0) is 6.54 Å². The lowest BCUT2D eigenvalue weighted by atomic mass is 10.1. The highest BCUT2D eigenvalue weighted by Gasteiger charge is 1.98. The van der Waals surface area contributed by atoms with Gasteiger partial charge in [-0.05, 0) is 43.5 Å². The van der Waals surface area contributed by atoms with Gasteiger partial charge in [-0.2, -0.15) is 0 Å². The number of benzene rings is 1. The second-order valence-corrected chi connectivity index (χ2v) is 3.69. The Morgan fingerprint density at radius 1 is 1.33 bits per heavy atom. The van der Waals surface area contributed by atoms with E-state index in [2.05, 4.69) is 5.32 Å². The molecule has 0 radical (unpaired) electrons. The van der Waals surface area contributed by atoms with Crippen molar-refractivity contribution >= 4 is 0 Å². The number of hydrogen-bond donors (Lipinski definition) is 2. The van der Waals surface area contributed by atoms with Crippen LogP contribution in [0.1, 0.15) is 24.0 Å². The van der Waals surface area contributed by atoms with Gasteiger partial charge in [-0.3, -0.25) is 0 Å². The zero-order chi connectivity index (χ0) is 11.1. The fourth-order valence-electron chi connectivity index (χ4n) is 1.34. The van der Waals surface area contributed by atoms with Gasteiger partial charge < -0.3 is 10.4 Å². The molecule has 0 fully saturated rings. The predicted octanol–water partition coefficient (Wildman–Crippen LogP) is 2.00. The number of unbranched alkanes of at least 4 members (excludes halogenated alkanes) is 1. The Bertz CT molecular complexity index is 302. The molecule has 0 atom stereocenters. The zero-order valence-corrected chi connectivity index (χ0v) is 9.09. The molecule has 0 saturated carbocycles. The monoisotopic (exact) mass is 211 g/mol. The molecule has 0 aliphatic rings. The normalized spacial score (nSPS) is 10.6. The lowest BCUT2D eigenvalue weighted by Crippen LogP contribution is -2.15. The molecular weight excluding hydrogens is 193 g/mol. The van der Waals surface area contributed by atoms with Gasteiger partial charge >= 0.3 is 0 Å². The molecular formula is C12H18FNO. The Hall–Kier alpha value is -0.930. The third-order valence-electron chi connectivity index (χ3n) is 2.33. The average molecular weight is 211 g/mol. The highest BCUT2D eigenvalue weighted by molar-refractivity contribution is 5.23. The van der Waals surface area contributed by atoms with Crippen LogP contribution in [0.2, 0.25) is 0 Å². The molecule has 0 spiro atoms. The van der Waals surface area contributed by atoms with Crippen molar-refractivity contribution in [2.75, 3.05) is 13.2 Å². The summed E-state index contributed by atoms with van der Waals surface area (Å²) < 4.78 is 13.1. The lowest BCUT2D eigenvalue weighted by molar-refractivity contribution is 0.283. The van der Waals surface area contributed by atoms with Crippen molar-refractivity contribution in [3.8, 4) is 0 Å². The second kappa shape index (κ2) is 6.53. The van der Waals surface area contributed by atoms with Gasteiger partial charge in [0, 0.05) is 13.2 Å². The first kappa shape index (κ1) is 12.1. The van der Waals surface area contributed by atoms with Gasteiger partial charge in [-0.25, -0.2) is 4.39 Å². The Kier molecular flexibility index (Phi) is 5.29. The molecule has 84 valence electrons. The third-order valence-corrected chi connectivity index (χ3v) is 2.33. The fourth-order valence-corrected chi connectivity index (χ4v) is 1.34. The van der Waals surface area contributed by atoms with E-state index >= 15 is 0 Å². The van der Waals surface area contributed by atoms with E-state index in [1.54, 1.807) is 19.1 Å². The largest absolute Gasteiger partial charge is 0.396 e. The van der Waals surface area contributed by atoms with Crippen LogP contribution in [0.3, 0.4) is 0 Å². The van der Waals surface area contributed by atoms with E-state index in [0.717, 1.165) is 24.9 Å². The van der Waals surface area contributed by atoms with Crippen LogP contribution in [0.25, 0.3) is 0 Å². The van der Waals surface area contributed by atoms with Crippen molar-refractivity contribution < 1.29 is 9.50 Å². The summed E-state index contributed by atoms with van der Waals surface area (Å²) in [6.07, 6.45) is 1.76. The van der Waals surface area contributed by atoms with Crippen molar-refractivity contribution in [3.63, 3.8) is 0 Å². The van der Waals surface area contributed by atoms with Crippen molar-refractivity contribution in [1.29, 1.82) is 0 Å². The minimum Gasteiger partial charge on any atom is -0.396 e. The van der Waals surface area contributed by atoms with Gasteiger partial charge in [0.15, 0.2) is 0 Å². The van der Waals surface area contributed by atoms with Crippen LogP contribution in [-0.4, -0.2) is 18.3 Å². The number of rotatable bonds is 6. The topological polar surface area (TPSA) is 32.3 Å². The summed E-state index contributed by atoms with van der Waals surface area (Å²) in [4.78, 5) is 0. The second-order valence-electron chi connectivity index (χ2n) is 3.69. The summed E-state index contributed by atoms with van der Waals surface area (Å²) in [6.45, 7) is 3.54. The summed E-state index contributed by atoms with van der Waals surface area (Å²) in [6, 6.07) is 5.28. The highest BCUT2D eigenvalue weighted by Crippen LogP contribution is 2.08. The molecule has 0 aliphatic heterocycles. The quantitative estimate of drug-likeness (QED) is 0.705. The number of aliphatic hydroxyl groups is 1. The number of aryl methyl sites for hydroxylation is 1. The Morgan fingerprint density at radius 3 is 2.80 bits per heavy atom. The Balaban J connectivity index is 2.28. The van der Waals surface area contributed by atoms with Gasteiger partial charge in [0.05, 0.1) is 0 Å². The summed E-state index contributed by atoms with van der Waals surface area (Å²) >= 11 is 0. The molecule has 1 aromatic rings. The lowest BCUT2D eigenvalue weighted by Gasteiger charge is -2.05. The molecule has 0 bridgehead atoms. The van der Waals surface area contributed by atoms with E-state index in [4.69, 9.17) is 5.11 Å². The smallest absolute Gasteiger partial charge is 0.126 e. The van der Waals surface area contributed by atoms with Crippen LogP contribution in [0, 0.1) is 12.7 Å². The molecule has 1 aromatic carbocycles. The SMILES string of the molecule is Cc1ccc(CNCCCCO)cc1F. The summed E-state index contributed by atoms with van der Waals surface area (Å²) in [5.41, 5.74) is 1.64. The average Bonchev–Trinajstić information content (AvgIpc) is 2.23. The van der Waals surface area contributed by atoms with E-state index in [9.17, 15) is 4.39 Å². The molecule has 0 aliphatic carbocycles. The maximum atomic E-state index is 13.1. The first-order chi connectivity index (χ1) is 7.24. The molecule has 2 nitrogen and oxygen atoms in total. The van der Waals surface area contributed by atoms with E-state index in [0.29, 0.717) is 12.1 Å². The molecule has 0 heterocycles. The molecule has 0 amide bonds. The number of halogens is 1. The van der Waals surface area contributed by atoms with Crippen molar-refractivity contribution in [2.24, 2.45) is 0 Å². The Morgan fingerprint density at radius 2 is 2.13 bits per heavy atom. The highest BCUT2D eigenvalue weighted by atomic mass is 19.1. The first-order valence-corrected chi connectivity index (χ1v) is 5.30. The van der Waals surface area contributed by atoms with Gasteiger partial charge in [-0.15, -0.1) is 0 Å². The fraction of sp³-hybridized carbons (Fsp3) is 0.500. The van der Waals surface area contributed by atoms with E-state index in [1.165, 1.54) is 0 Å². The molecule has 0 aromatic heterocycles. The van der Waals surface area contributed by atoms with Crippen LogP contribution < -0.4 is 5.32 Å². The van der Waals surface area contributed by atoms with E-state index < -0.39 is 0 Å². The number of nitrogens with one attached hydrogen (secondary N) is 1. The Labute approximate surface area is 90.1 Å². The van der Waals surface area contributed by atoms with Gasteiger partial charge in [0.2, 0.25) is 0 Å². The molecule has 0 saturated heterocycles. The molecule has 1 rings (SSSR count). The minimum absolute atomic E-state index is 0.148. The maximum absolute atomic E-state index is 13.1. The minimum atomic E-state index is -0.148. The molecule has 2 N–H and O–H groups in total. The van der Waals surface area contributed by atoms with E-state index in [-0.39, 0.29) is 12.4 Å². The van der Waals surface area contributed by atoms with E-state index in [1.807, 2.05) is 6.07 Å². The first-order valence-electron chi connectivity index (χ1n) is 5.30. The standard InChI is InChI=1S/C12H18FNO/c1-10-4-5-11(8-12(10)13)9-14-6-2-3-7-15/h4-5,8,14-15H,2-3,6-7,9H2,1H3. The van der Waals surface area contributed by atoms with Gasteiger partial charge in [-0.1, -0.05) is 12.1 Å². The number of aliphatic hydroxyl groups excluding tert-OH is 1. The van der Waals surface area contributed by atoms with Crippen LogP contribution in [0.15, 0.2) is 18.2 Å². The maximum Gasteiger partial charge on any atom is 0.126 e. The summed E-state index contributed by atoms with van der Waals surface area (Å²) in [5.74, 6) is -0.148. The molecule has 15 heavy (non-hydrogen) atoms. The van der Waals surface area contributed by atoms with Crippen LogP contribution >= 0.6 is 0 Å². The zero-order valence-electron chi connectivity index (χ0n) is 9.09. The van der Waals surface area contributed by atoms with Crippen molar-refractivity contribution in [1.82, 2.24) is 5.32 Å². The van der Waals surface area contributed by atoms with Crippen molar-refractivity contribution in [2.45, 2.75) is 26.3 Å². The number of hydrogen-bond acceptors (Lipinski definition) is 2. The summed E-state index contributed by atoms with van der Waals surface area (Å²) in [7, 11) is 0. The third kappa shape index (κ3) is 4.40. The van der Waals surface area contributed by atoms with Crippen LogP contribution in [0.4, 0.5) is 4.39 Å². The molecule has 0 unspecified atom stereocenters. The molecule has 3 heteroatoms. The van der Waals surface area contributed by atoms with Gasteiger partial charge in [0.1, 0.15) is 5.82 Å². The van der Waals surface area contributed by atoms with Gasteiger partial charge in [0.25, 0.3) is 0 Å².